The van der Waals surface area contributed by atoms with Crippen molar-refractivity contribution in [3.8, 4) is 11.6 Å². The van der Waals surface area contributed by atoms with Gasteiger partial charge in [-0.15, -0.1) is 11.6 Å². The first-order valence-electron chi connectivity index (χ1n) is 5.07. The highest BCUT2D eigenvalue weighted by Crippen LogP contribution is 2.14. The van der Waals surface area contributed by atoms with Crippen LogP contribution in [-0.2, 0) is 11.2 Å². The van der Waals surface area contributed by atoms with Crippen LogP contribution in [0.3, 0.4) is 0 Å². The molecule has 6 nitrogen and oxygen atoms in total. The molecule has 7 heteroatoms. The Kier molecular flexibility index (Phi) is 3.77. The summed E-state index contributed by atoms with van der Waals surface area (Å²) in [6, 6.07) is 3.55. The number of aromatic nitrogens is 3. The van der Waals surface area contributed by atoms with Gasteiger partial charge in [-0.05, 0) is 12.1 Å². The molecule has 2 N–H and O–H groups in total. The van der Waals surface area contributed by atoms with Crippen molar-refractivity contribution in [3.05, 3.63) is 24.2 Å². The molecule has 0 aliphatic carbocycles. The summed E-state index contributed by atoms with van der Waals surface area (Å²) in [5, 5.41) is 9.43. The Morgan fingerprint density at radius 2 is 2.47 bits per heavy atom. The molecular weight excluding hydrogens is 244 g/mol. The molecule has 0 unspecified atom stereocenters. The monoisotopic (exact) mass is 254 g/mol. The minimum Gasteiger partial charge on any atom is -0.461 e. The van der Waals surface area contributed by atoms with E-state index >= 15 is 0 Å². The summed E-state index contributed by atoms with van der Waals surface area (Å²) in [5.74, 6) is 1.57. The summed E-state index contributed by atoms with van der Waals surface area (Å²) in [4.78, 5) is 15.1. The number of rotatable bonds is 5. The molecule has 0 aromatic carbocycles. The second-order valence-corrected chi connectivity index (χ2v) is 3.58. The number of nitrogens with one attached hydrogen (secondary N) is 2. The Morgan fingerprint density at radius 3 is 3.18 bits per heavy atom. The number of nitrogens with zero attached hydrogens (tertiary/aromatic N) is 2. The third kappa shape index (κ3) is 3.07. The molecule has 0 atom stereocenters. The molecule has 0 spiro atoms. The third-order valence-corrected chi connectivity index (χ3v) is 2.32. The van der Waals surface area contributed by atoms with Gasteiger partial charge in [-0.3, -0.25) is 9.89 Å². The number of aromatic amines is 1. The van der Waals surface area contributed by atoms with Crippen molar-refractivity contribution in [2.24, 2.45) is 0 Å². The molecule has 2 aromatic rings. The number of alkyl halides is 1. The highest BCUT2D eigenvalue weighted by atomic mass is 35.5. The lowest BCUT2D eigenvalue weighted by Crippen LogP contribution is -2.26. The van der Waals surface area contributed by atoms with E-state index < -0.39 is 0 Å². The summed E-state index contributed by atoms with van der Waals surface area (Å²) in [6.07, 6.45) is 2.13. The Morgan fingerprint density at radius 1 is 1.59 bits per heavy atom. The van der Waals surface area contributed by atoms with Crippen molar-refractivity contribution in [2.75, 3.05) is 12.4 Å². The van der Waals surface area contributed by atoms with Crippen molar-refractivity contribution in [1.82, 2.24) is 20.5 Å². The second-order valence-electron chi connectivity index (χ2n) is 3.32. The lowest BCUT2D eigenvalue weighted by Gasteiger charge is -1.99. The Balaban J connectivity index is 1.89. The highest BCUT2D eigenvalue weighted by Gasteiger charge is 2.08. The van der Waals surface area contributed by atoms with Crippen LogP contribution >= 0.6 is 11.6 Å². The van der Waals surface area contributed by atoms with Gasteiger partial charge in [0.1, 0.15) is 11.7 Å². The van der Waals surface area contributed by atoms with E-state index in [1.54, 1.807) is 18.4 Å². The van der Waals surface area contributed by atoms with Gasteiger partial charge < -0.3 is 9.73 Å². The van der Waals surface area contributed by atoms with Gasteiger partial charge in [0.2, 0.25) is 11.7 Å². The summed E-state index contributed by atoms with van der Waals surface area (Å²) >= 11 is 5.35. The van der Waals surface area contributed by atoms with Gasteiger partial charge in [0, 0.05) is 13.0 Å². The lowest BCUT2D eigenvalue weighted by molar-refractivity contribution is -0.118. The van der Waals surface area contributed by atoms with Crippen LogP contribution in [0, 0.1) is 0 Å². The zero-order valence-electron chi connectivity index (χ0n) is 8.94. The molecule has 0 bridgehead atoms. The minimum absolute atomic E-state index is 0.0337. The fourth-order valence-electron chi connectivity index (χ4n) is 1.29. The fourth-order valence-corrected chi connectivity index (χ4v) is 1.39. The first-order valence-corrected chi connectivity index (χ1v) is 5.61. The smallest absolute Gasteiger partial charge is 0.234 e. The topological polar surface area (TPSA) is 83.8 Å². The molecule has 0 aliphatic heterocycles. The molecular formula is C10H11ClN4O2. The average molecular weight is 255 g/mol. The molecule has 0 saturated heterocycles. The van der Waals surface area contributed by atoms with Crippen LogP contribution in [0.25, 0.3) is 11.6 Å². The predicted octanol–water partition coefficient (Wildman–Crippen LogP) is 0.962. The van der Waals surface area contributed by atoms with Crippen LogP contribution in [-0.4, -0.2) is 33.5 Å². The number of furan rings is 1. The van der Waals surface area contributed by atoms with Crippen molar-refractivity contribution in [2.45, 2.75) is 6.42 Å². The van der Waals surface area contributed by atoms with E-state index in [1.807, 2.05) is 0 Å². The van der Waals surface area contributed by atoms with E-state index in [2.05, 4.69) is 20.5 Å². The van der Waals surface area contributed by atoms with Gasteiger partial charge in [-0.25, -0.2) is 4.98 Å². The Bertz CT molecular complexity index is 480. The quantitative estimate of drug-likeness (QED) is 0.779. The zero-order chi connectivity index (χ0) is 12.1. The summed E-state index contributed by atoms with van der Waals surface area (Å²) in [6.45, 7) is 0.471. The molecule has 90 valence electrons. The fraction of sp³-hybridized carbons (Fsp3) is 0.300. The van der Waals surface area contributed by atoms with Crippen LogP contribution < -0.4 is 5.32 Å². The van der Waals surface area contributed by atoms with E-state index in [0.29, 0.717) is 30.4 Å². The zero-order valence-corrected chi connectivity index (χ0v) is 9.70. The van der Waals surface area contributed by atoms with Gasteiger partial charge in [-0.1, -0.05) is 0 Å². The van der Waals surface area contributed by atoms with Crippen molar-refractivity contribution in [1.29, 1.82) is 0 Å². The second kappa shape index (κ2) is 5.49. The first-order chi connectivity index (χ1) is 8.29. The average Bonchev–Trinajstić information content (AvgIpc) is 2.98. The van der Waals surface area contributed by atoms with Crippen LogP contribution in [0.1, 0.15) is 5.82 Å². The van der Waals surface area contributed by atoms with Gasteiger partial charge in [0.15, 0.2) is 5.76 Å². The van der Waals surface area contributed by atoms with Crippen LogP contribution in [0.2, 0.25) is 0 Å². The van der Waals surface area contributed by atoms with Crippen LogP contribution in [0.4, 0.5) is 0 Å². The number of amides is 1. The predicted molar refractivity (Wildman–Crippen MR) is 61.5 cm³/mol. The number of hydrogen-bond acceptors (Lipinski definition) is 4. The van der Waals surface area contributed by atoms with E-state index in [1.165, 1.54) is 0 Å². The summed E-state index contributed by atoms with van der Waals surface area (Å²) in [5.41, 5.74) is 0. The Labute approximate surface area is 102 Å². The largest absolute Gasteiger partial charge is 0.461 e. The summed E-state index contributed by atoms with van der Waals surface area (Å²) in [7, 11) is 0. The molecule has 2 rings (SSSR count). The van der Waals surface area contributed by atoms with E-state index in [0.717, 1.165) is 0 Å². The minimum atomic E-state index is -0.197. The van der Waals surface area contributed by atoms with Gasteiger partial charge in [-0.2, -0.15) is 5.10 Å². The maximum Gasteiger partial charge on any atom is 0.234 e. The van der Waals surface area contributed by atoms with Crippen LogP contribution in [0.15, 0.2) is 22.8 Å². The van der Waals surface area contributed by atoms with Gasteiger partial charge >= 0.3 is 0 Å². The molecule has 0 fully saturated rings. The molecule has 17 heavy (non-hydrogen) atoms. The highest BCUT2D eigenvalue weighted by molar-refractivity contribution is 6.27. The van der Waals surface area contributed by atoms with E-state index in [4.69, 9.17) is 16.0 Å². The van der Waals surface area contributed by atoms with Gasteiger partial charge in [0.25, 0.3) is 0 Å². The first kappa shape index (κ1) is 11.7. The van der Waals surface area contributed by atoms with Crippen LogP contribution in [0.5, 0.6) is 0 Å². The Hall–Kier alpha value is -1.82. The molecule has 0 saturated carbocycles. The SMILES string of the molecule is O=C(CCl)NCCc1nc(-c2ccco2)n[nH]1. The number of carbonyl (C=O) groups is 1. The van der Waals surface area contributed by atoms with Crippen molar-refractivity contribution in [3.63, 3.8) is 0 Å². The number of halogens is 1. The molecule has 1 amide bonds. The standard InChI is InChI=1S/C10H11ClN4O2/c11-6-9(16)12-4-3-8-13-10(15-14-8)7-2-1-5-17-7/h1-2,5H,3-4,6H2,(H,12,16)(H,13,14,15). The molecule has 2 heterocycles. The maximum absolute atomic E-state index is 10.9. The lowest BCUT2D eigenvalue weighted by atomic mass is 10.4. The van der Waals surface area contributed by atoms with E-state index in [9.17, 15) is 4.79 Å². The van der Waals surface area contributed by atoms with Gasteiger partial charge in [0.05, 0.1) is 6.26 Å². The molecule has 2 aromatic heterocycles. The molecule has 0 radical (unpaired) electrons. The number of H-pyrrole nitrogens is 1. The third-order valence-electron chi connectivity index (χ3n) is 2.08. The van der Waals surface area contributed by atoms with E-state index in [-0.39, 0.29) is 11.8 Å². The maximum atomic E-state index is 10.9. The van der Waals surface area contributed by atoms with Crippen molar-refractivity contribution >= 4 is 17.5 Å². The van der Waals surface area contributed by atoms with Crippen molar-refractivity contribution < 1.29 is 9.21 Å². The summed E-state index contributed by atoms with van der Waals surface area (Å²) < 4.78 is 5.16. The normalized spacial score (nSPS) is 10.4. The number of carbonyl (C=O) groups excluding carboxylic acids is 1. The molecule has 0 aliphatic rings. The number of hydrogen-bond donors (Lipinski definition) is 2.